The molecule has 2 aromatic carbocycles. The molecule has 3 rings (SSSR count). The van der Waals surface area contributed by atoms with Gasteiger partial charge >= 0.3 is 6.09 Å². The van der Waals surface area contributed by atoms with Crippen LogP contribution < -0.4 is 10.1 Å². The maximum atomic E-state index is 12.5. The molecule has 150 valence electrons. The molecule has 1 heterocycles. The van der Waals surface area contributed by atoms with Gasteiger partial charge in [0.25, 0.3) is 0 Å². The highest BCUT2D eigenvalue weighted by molar-refractivity contribution is 7.18. The van der Waals surface area contributed by atoms with Gasteiger partial charge in [-0.15, -0.1) is 11.3 Å². The summed E-state index contributed by atoms with van der Waals surface area (Å²) < 4.78 is 11.7. The minimum absolute atomic E-state index is 0.428. The van der Waals surface area contributed by atoms with Gasteiger partial charge in [-0.05, 0) is 50.6 Å². The molecule has 3 aromatic rings. The van der Waals surface area contributed by atoms with E-state index >= 15 is 0 Å². The van der Waals surface area contributed by atoms with Crippen molar-refractivity contribution >= 4 is 27.6 Å². The van der Waals surface area contributed by atoms with Crippen molar-refractivity contribution in [1.29, 1.82) is 5.26 Å². The number of nitriles is 1. The Kier molecular flexibility index (Phi) is 6.04. The first-order chi connectivity index (χ1) is 13.8. The van der Waals surface area contributed by atoms with Crippen molar-refractivity contribution in [3.63, 3.8) is 0 Å². The van der Waals surface area contributed by atoms with Gasteiger partial charge in [0.15, 0.2) is 0 Å². The van der Waals surface area contributed by atoms with Gasteiger partial charge in [0.05, 0.1) is 35.0 Å². The molecule has 0 saturated carbocycles. The van der Waals surface area contributed by atoms with Crippen LogP contribution in [-0.2, 0) is 11.2 Å². The van der Waals surface area contributed by atoms with Crippen molar-refractivity contribution in [1.82, 2.24) is 10.3 Å². The number of amides is 1. The number of benzene rings is 2. The number of fused-ring (bicyclic) bond motifs is 1. The van der Waals surface area contributed by atoms with Crippen LogP contribution in [0.3, 0.4) is 0 Å². The van der Waals surface area contributed by atoms with E-state index in [4.69, 9.17) is 14.5 Å². The van der Waals surface area contributed by atoms with Crippen LogP contribution in [0.2, 0.25) is 0 Å². The van der Waals surface area contributed by atoms with Crippen molar-refractivity contribution in [2.24, 2.45) is 0 Å². The van der Waals surface area contributed by atoms with E-state index in [1.807, 2.05) is 57.2 Å². The largest absolute Gasteiger partial charge is 0.497 e. The SMILES string of the molecule is COc1ccc2nc(C(Cc3ccccc3C#N)NC(=O)OC(C)(C)C)sc2c1. The molecule has 0 bridgehead atoms. The molecule has 0 aliphatic carbocycles. The second-order valence-electron chi connectivity index (χ2n) is 7.56. The molecule has 6 nitrogen and oxygen atoms in total. The first-order valence-corrected chi connectivity index (χ1v) is 10.0. The third-order valence-electron chi connectivity index (χ3n) is 4.16. The summed E-state index contributed by atoms with van der Waals surface area (Å²) in [6.45, 7) is 5.45. The van der Waals surface area contributed by atoms with Crippen LogP contribution in [0.1, 0.15) is 42.9 Å². The Morgan fingerprint density at radius 3 is 2.72 bits per heavy atom. The number of methoxy groups -OCH3 is 1. The fraction of sp³-hybridized carbons (Fsp3) is 0.318. The average molecular weight is 410 g/mol. The molecular weight excluding hydrogens is 386 g/mol. The van der Waals surface area contributed by atoms with E-state index in [9.17, 15) is 10.1 Å². The van der Waals surface area contributed by atoms with Crippen molar-refractivity contribution in [3.05, 3.63) is 58.6 Å². The van der Waals surface area contributed by atoms with E-state index in [1.54, 1.807) is 13.2 Å². The fourth-order valence-electron chi connectivity index (χ4n) is 2.88. The number of aromatic nitrogens is 1. The van der Waals surface area contributed by atoms with Gasteiger partial charge in [0.1, 0.15) is 16.4 Å². The Morgan fingerprint density at radius 1 is 1.28 bits per heavy atom. The monoisotopic (exact) mass is 409 g/mol. The smallest absolute Gasteiger partial charge is 0.408 e. The lowest BCUT2D eigenvalue weighted by molar-refractivity contribution is 0.0503. The van der Waals surface area contributed by atoms with Crippen LogP contribution in [0.25, 0.3) is 10.2 Å². The van der Waals surface area contributed by atoms with Crippen molar-refractivity contribution in [2.45, 2.75) is 38.8 Å². The van der Waals surface area contributed by atoms with Crippen LogP contribution in [0.5, 0.6) is 5.75 Å². The third kappa shape index (κ3) is 5.24. The molecule has 1 aromatic heterocycles. The predicted molar refractivity (Wildman–Crippen MR) is 113 cm³/mol. The Balaban J connectivity index is 1.95. The van der Waals surface area contributed by atoms with Gasteiger partial charge in [-0.1, -0.05) is 18.2 Å². The van der Waals surface area contributed by atoms with E-state index < -0.39 is 17.7 Å². The number of ether oxygens (including phenoxy) is 2. The summed E-state index contributed by atoms with van der Waals surface area (Å²) in [4.78, 5) is 17.2. The zero-order chi connectivity index (χ0) is 21.0. The highest BCUT2D eigenvalue weighted by Gasteiger charge is 2.24. The number of nitrogens with zero attached hydrogens (tertiary/aromatic N) is 2. The number of thiazole rings is 1. The van der Waals surface area contributed by atoms with E-state index in [0.29, 0.717) is 12.0 Å². The summed E-state index contributed by atoms with van der Waals surface area (Å²) in [5.41, 5.74) is 1.63. The number of hydrogen-bond acceptors (Lipinski definition) is 6. The molecule has 1 atom stereocenters. The summed E-state index contributed by atoms with van der Waals surface area (Å²) in [5.74, 6) is 0.749. The van der Waals surface area contributed by atoms with E-state index in [2.05, 4.69) is 11.4 Å². The Labute approximate surface area is 174 Å². The van der Waals surface area contributed by atoms with Gasteiger partial charge in [-0.2, -0.15) is 5.26 Å². The quantitative estimate of drug-likeness (QED) is 0.642. The summed E-state index contributed by atoms with van der Waals surface area (Å²) >= 11 is 1.48. The molecule has 7 heteroatoms. The molecule has 0 spiro atoms. The second-order valence-corrected chi connectivity index (χ2v) is 8.62. The predicted octanol–water partition coefficient (Wildman–Crippen LogP) is 4.99. The summed E-state index contributed by atoms with van der Waals surface area (Å²) in [7, 11) is 1.62. The summed E-state index contributed by atoms with van der Waals surface area (Å²) in [6, 6.07) is 14.8. The van der Waals surface area contributed by atoms with Crippen molar-refractivity contribution in [2.75, 3.05) is 7.11 Å². The standard InChI is InChI=1S/C22H23N3O3S/c1-22(2,3)28-21(26)25-18(11-14-7-5-6-8-15(14)13-23)20-24-17-10-9-16(27-4)12-19(17)29-20/h5-10,12,18H,11H2,1-4H3,(H,25,26). The highest BCUT2D eigenvalue weighted by atomic mass is 32.1. The Bertz CT molecular complexity index is 1060. The van der Waals surface area contributed by atoms with Crippen LogP contribution in [0.15, 0.2) is 42.5 Å². The average Bonchev–Trinajstić information content (AvgIpc) is 3.09. The van der Waals surface area contributed by atoms with Crippen LogP contribution >= 0.6 is 11.3 Å². The number of carbonyl (C=O) groups is 1. The second kappa shape index (κ2) is 8.50. The first kappa shape index (κ1) is 20.6. The number of rotatable bonds is 5. The number of carbonyl (C=O) groups excluding carboxylic acids is 1. The normalized spacial score (nSPS) is 12.2. The van der Waals surface area contributed by atoms with Gasteiger partial charge < -0.3 is 14.8 Å². The topological polar surface area (TPSA) is 84.2 Å². The zero-order valence-corrected chi connectivity index (χ0v) is 17.7. The maximum Gasteiger partial charge on any atom is 0.408 e. The molecule has 0 fully saturated rings. The van der Waals surface area contributed by atoms with Crippen molar-refractivity contribution in [3.8, 4) is 11.8 Å². The van der Waals surface area contributed by atoms with E-state index in [0.717, 1.165) is 26.5 Å². The van der Waals surface area contributed by atoms with E-state index in [-0.39, 0.29) is 0 Å². The first-order valence-electron chi connectivity index (χ1n) is 9.21. The maximum absolute atomic E-state index is 12.5. The fourth-order valence-corrected chi connectivity index (χ4v) is 3.92. The Hall–Kier alpha value is -3.11. The molecule has 0 saturated heterocycles. The highest BCUT2D eigenvalue weighted by Crippen LogP contribution is 2.31. The van der Waals surface area contributed by atoms with Gasteiger partial charge in [0.2, 0.25) is 0 Å². The summed E-state index contributed by atoms with van der Waals surface area (Å²) in [6.07, 6.45) is -0.0892. The van der Waals surface area contributed by atoms with Crippen molar-refractivity contribution < 1.29 is 14.3 Å². The molecule has 0 aliphatic heterocycles. The molecule has 0 radical (unpaired) electrons. The zero-order valence-electron chi connectivity index (χ0n) is 16.9. The molecule has 29 heavy (non-hydrogen) atoms. The summed E-state index contributed by atoms with van der Waals surface area (Å²) in [5, 5.41) is 13.1. The minimum Gasteiger partial charge on any atom is -0.497 e. The lowest BCUT2D eigenvalue weighted by atomic mass is 10.0. The van der Waals surface area contributed by atoms with Gasteiger partial charge in [-0.3, -0.25) is 0 Å². The van der Waals surface area contributed by atoms with Crippen LogP contribution in [0, 0.1) is 11.3 Å². The van der Waals surface area contributed by atoms with Crippen LogP contribution in [-0.4, -0.2) is 23.8 Å². The minimum atomic E-state index is -0.611. The van der Waals surface area contributed by atoms with Gasteiger partial charge in [0, 0.05) is 6.42 Å². The Morgan fingerprint density at radius 2 is 2.03 bits per heavy atom. The number of hydrogen-bond donors (Lipinski definition) is 1. The third-order valence-corrected chi connectivity index (χ3v) is 5.29. The molecule has 1 amide bonds. The van der Waals surface area contributed by atoms with E-state index in [1.165, 1.54) is 11.3 Å². The number of nitrogens with one attached hydrogen (secondary N) is 1. The molecular formula is C22H23N3O3S. The molecule has 1 N–H and O–H groups in total. The number of alkyl carbamates (subject to hydrolysis) is 1. The van der Waals surface area contributed by atoms with Crippen LogP contribution in [0.4, 0.5) is 4.79 Å². The molecule has 0 aliphatic rings. The lowest BCUT2D eigenvalue weighted by Crippen LogP contribution is -2.35. The lowest BCUT2D eigenvalue weighted by Gasteiger charge is -2.23. The van der Waals surface area contributed by atoms with Gasteiger partial charge in [-0.25, -0.2) is 9.78 Å². The molecule has 1 unspecified atom stereocenters.